The van der Waals surface area contributed by atoms with Gasteiger partial charge in [0.25, 0.3) is 0 Å². The van der Waals surface area contributed by atoms with E-state index < -0.39 is 0 Å². The highest BCUT2D eigenvalue weighted by Crippen LogP contribution is 2.24. The standard InChI is InChI=1S/C16H22FN3O/c1-11(2)18-9-13-6-5-7-15(17)16(13)21-10-14-8-12(3)19-20(14)4/h5-8,11,18H,9-10H2,1-4H3. The quantitative estimate of drug-likeness (QED) is 0.889. The van der Waals surface area contributed by atoms with Crippen molar-refractivity contribution in [2.45, 2.75) is 40.0 Å². The number of aryl methyl sites for hydroxylation is 2. The lowest BCUT2D eigenvalue weighted by Crippen LogP contribution is -2.22. The first-order valence-electron chi connectivity index (χ1n) is 7.10. The second-order valence-corrected chi connectivity index (χ2v) is 5.45. The molecule has 0 saturated carbocycles. The molecule has 1 N–H and O–H groups in total. The Morgan fingerprint density at radius 3 is 2.76 bits per heavy atom. The highest BCUT2D eigenvalue weighted by Gasteiger charge is 2.12. The van der Waals surface area contributed by atoms with Gasteiger partial charge in [-0.1, -0.05) is 26.0 Å². The number of ether oxygens (including phenoxy) is 1. The number of nitrogens with one attached hydrogen (secondary N) is 1. The third-order valence-electron chi connectivity index (χ3n) is 3.21. The van der Waals surface area contributed by atoms with E-state index in [1.165, 1.54) is 6.07 Å². The van der Waals surface area contributed by atoms with Gasteiger partial charge in [-0.25, -0.2) is 4.39 Å². The summed E-state index contributed by atoms with van der Waals surface area (Å²) in [6.45, 7) is 6.91. The van der Waals surface area contributed by atoms with Crippen molar-refractivity contribution >= 4 is 0 Å². The van der Waals surface area contributed by atoms with Crippen molar-refractivity contribution in [1.29, 1.82) is 0 Å². The minimum Gasteiger partial charge on any atom is -0.484 e. The number of aromatic nitrogens is 2. The van der Waals surface area contributed by atoms with Crippen molar-refractivity contribution in [3.63, 3.8) is 0 Å². The average Bonchev–Trinajstić information content (AvgIpc) is 2.73. The molecule has 0 amide bonds. The molecular formula is C16H22FN3O. The van der Waals surface area contributed by atoms with E-state index in [2.05, 4.69) is 24.3 Å². The van der Waals surface area contributed by atoms with E-state index in [1.54, 1.807) is 10.7 Å². The molecule has 1 aromatic carbocycles. The van der Waals surface area contributed by atoms with Crippen LogP contribution >= 0.6 is 0 Å². The first-order chi connectivity index (χ1) is 9.97. The minimum atomic E-state index is -0.336. The maximum atomic E-state index is 14.0. The van der Waals surface area contributed by atoms with Gasteiger partial charge in [-0.05, 0) is 19.1 Å². The smallest absolute Gasteiger partial charge is 0.165 e. The first kappa shape index (κ1) is 15.5. The van der Waals surface area contributed by atoms with Crippen LogP contribution in [0.3, 0.4) is 0 Å². The summed E-state index contributed by atoms with van der Waals surface area (Å²) in [7, 11) is 1.86. The van der Waals surface area contributed by atoms with E-state index in [9.17, 15) is 4.39 Å². The van der Waals surface area contributed by atoms with Crippen LogP contribution < -0.4 is 10.1 Å². The van der Waals surface area contributed by atoms with E-state index in [4.69, 9.17) is 4.74 Å². The maximum absolute atomic E-state index is 14.0. The summed E-state index contributed by atoms with van der Waals surface area (Å²) in [5, 5.41) is 7.54. The number of hydrogen-bond donors (Lipinski definition) is 1. The Morgan fingerprint density at radius 2 is 2.14 bits per heavy atom. The molecule has 2 aromatic rings. The highest BCUT2D eigenvalue weighted by atomic mass is 19.1. The molecule has 4 nitrogen and oxygen atoms in total. The Balaban J connectivity index is 2.13. The van der Waals surface area contributed by atoms with Gasteiger partial charge in [0.15, 0.2) is 11.6 Å². The van der Waals surface area contributed by atoms with E-state index in [0.29, 0.717) is 24.9 Å². The molecule has 0 saturated heterocycles. The summed E-state index contributed by atoms with van der Waals surface area (Å²) in [5.41, 5.74) is 2.66. The molecule has 0 bridgehead atoms. The van der Waals surface area contributed by atoms with Crippen LogP contribution in [-0.4, -0.2) is 15.8 Å². The Hall–Kier alpha value is -1.88. The van der Waals surface area contributed by atoms with Crippen LogP contribution in [0.15, 0.2) is 24.3 Å². The fourth-order valence-electron chi connectivity index (χ4n) is 2.11. The summed E-state index contributed by atoms with van der Waals surface area (Å²) < 4.78 is 21.5. The number of rotatable bonds is 6. The molecule has 114 valence electrons. The molecule has 0 fully saturated rings. The monoisotopic (exact) mass is 291 g/mol. The topological polar surface area (TPSA) is 39.1 Å². The molecule has 0 aliphatic rings. The van der Waals surface area contributed by atoms with E-state index >= 15 is 0 Å². The Labute approximate surface area is 124 Å². The largest absolute Gasteiger partial charge is 0.484 e. The molecule has 2 rings (SSSR count). The third-order valence-corrected chi connectivity index (χ3v) is 3.21. The summed E-state index contributed by atoms with van der Waals surface area (Å²) in [6, 6.07) is 7.27. The fourth-order valence-corrected chi connectivity index (χ4v) is 2.11. The van der Waals surface area contributed by atoms with Crippen molar-refractivity contribution in [1.82, 2.24) is 15.1 Å². The lowest BCUT2D eigenvalue weighted by atomic mass is 10.2. The number of benzene rings is 1. The summed E-state index contributed by atoms with van der Waals surface area (Å²) in [4.78, 5) is 0. The van der Waals surface area contributed by atoms with E-state index in [1.807, 2.05) is 26.1 Å². The van der Waals surface area contributed by atoms with Crippen molar-refractivity contribution in [3.8, 4) is 5.75 Å². The van der Waals surface area contributed by atoms with Crippen LogP contribution in [0.2, 0.25) is 0 Å². The SMILES string of the molecule is Cc1cc(COc2c(F)cccc2CNC(C)C)n(C)n1. The molecule has 5 heteroatoms. The number of hydrogen-bond acceptors (Lipinski definition) is 3. The van der Waals surface area contributed by atoms with Crippen molar-refractivity contribution in [2.75, 3.05) is 0 Å². The van der Waals surface area contributed by atoms with Gasteiger partial charge in [0.05, 0.1) is 11.4 Å². The lowest BCUT2D eigenvalue weighted by Gasteiger charge is -2.14. The Bertz CT molecular complexity index is 608. The summed E-state index contributed by atoms with van der Waals surface area (Å²) in [5.74, 6) is -0.0264. The summed E-state index contributed by atoms with van der Waals surface area (Å²) in [6.07, 6.45) is 0. The van der Waals surface area contributed by atoms with Gasteiger partial charge in [0.1, 0.15) is 6.61 Å². The molecule has 0 atom stereocenters. The molecule has 0 spiro atoms. The van der Waals surface area contributed by atoms with Crippen molar-refractivity contribution in [3.05, 3.63) is 47.0 Å². The molecule has 1 heterocycles. The van der Waals surface area contributed by atoms with Gasteiger partial charge in [-0.3, -0.25) is 4.68 Å². The van der Waals surface area contributed by atoms with Gasteiger partial charge in [0, 0.05) is 25.2 Å². The molecule has 0 aliphatic heterocycles. The minimum absolute atomic E-state index is 0.299. The zero-order chi connectivity index (χ0) is 15.4. The zero-order valence-corrected chi connectivity index (χ0v) is 13.0. The predicted molar refractivity (Wildman–Crippen MR) is 80.7 cm³/mol. The average molecular weight is 291 g/mol. The number of halogens is 1. The van der Waals surface area contributed by atoms with Gasteiger partial charge in [-0.2, -0.15) is 5.10 Å². The van der Waals surface area contributed by atoms with Gasteiger partial charge in [0.2, 0.25) is 0 Å². The zero-order valence-electron chi connectivity index (χ0n) is 13.0. The lowest BCUT2D eigenvalue weighted by molar-refractivity contribution is 0.276. The fraction of sp³-hybridized carbons (Fsp3) is 0.438. The third kappa shape index (κ3) is 4.04. The molecule has 0 unspecified atom stereocenters. The Kier molecular flexibility index (Phi) is 4.96. The second kappa shape index (κ2) is 6.72. The van der Waals surface area contributed by atoms with Crippen LogP contribution in [0, 0.1) is 12.7 Å². The van der Waals surface area contributed by atoms with Crippen LogP contribution in [0.25, 0.3) is 0 Å². The van der Waals surface area contributed by atoms with Crippen LogP contribution in [0.4, 0.5) is 4.39 Å². The molecule has 0 aliphatic carbocycles. The maximum Gasteiger partial charge on any atom is 0.165 e. The molecule has 0 radical (unpaired) electrons. The highest BCUT2D eigenvalue weighted by molar-refractivity contribution is 5.35. The molecule has 1 aromatic heterocycles. The number of para-hydroxylation sites is 1. The number of nitrogens with zero attached hydrogens (tertiary/aromatic N) is 2. The normalized spacial score (nSPS) is 11.1. The van der Waals surface area contributed by atoms with Gasteiger partial charge in [-0.15, -0.1) is 0 Å². The predicted octanol–water partition coefficient (Wildman–Crippen LogP) is 2.94. The van der Waals surface area contributed by atoms with E-state index in [-0.39, 0.29) is 5.82 Å². The summed E-state index contributed by atoms with van der Waals surface area (Å²) >= 11 is 0. The van der Waals surface area contributed by atoms with Gasteiger partial charge >= 0.3 is 0 Å². The molecule has 21 heavy (non-hydrogen) atoms. The van der Waals surface area contributed by atoms with Crippen LogP contribution in [0.5, 0.6) is 5.75 Å². The van der Waals surface area contributed by atoms with Crippen LogP contribution in [-0.2, 0) is 20.2 Å². The van der Waals surface area contributed by atoms with Crippen LogP contribution in [0.1, 0.15) is 30.8 Å². The first-order valence-corrected chi connectivity index (χ1v) is 7.10. The van der Waals surface area contributed by atoms with Gasteiger partial charge < -0.3 is 10.1 Å². The Morgan fingerprint density at radius 1 is 1.38 bits per heavy atom. The van der Waals surface area contributed by atoms with Crippen molar-refractivity contribution in [2.24, 2.45) is 7.05 Å². The second-order valence-electron chi connectivity index (χ2n) is 5.45. The van der Waals surface area contributed by atoms with E-state index in [0.717, 1.165) is 17.0 Å². The van der Waals surface area contributed by atoms with Crippen molar-refractivity contribution < 1.29 is 9.13 Å². The molecular weight excluding hydrogens is 269 g/mol.